The molecule has 3 heterocycles. The number of amides is 2. The predicted molar refractivity (Wildman–Crippen MR) is 81.8 cm³/mol. The molecule has 0 radical (unpaired) electrons. The van der Waals surface area contributed by atoms with Crippen LogP contribution in [0.1, 0.15) is 31.2 Å². The van der Waals surface area contributed by atoms with Crippen LogP contribution in [0.4, 0.5) is 0 Å². The molecule has 1 aromatic rings. The number of hydrogen-bond acceptors (Lipinski definition) is 4. The Kier molecular flexibility index (Phi) is 4.68. The van der Waals surface area contributed by atoms with Crippen molar-refractivity contribution < 1.29 is 9.59 Å². The van der Waals surface area contributed by atoms with Gasteiger partial charge in [-0.05, 0) is 49.9 Å². The third-order valence-electron chi connectivity index (χ3n) is 4.41. The monoisotopic (exact) mass is 302 g/mol. The number of carbonyl (C=O) groups excluding carboxylic acids is 2. The minimum atomic E-state index is -0.322. The maximum Gasteiger partial charge on any atom is 0.243 e. The van der Waals surface area contributed by atoms with Crippen LogP contribution >= 0.6 is 0 Å². The molecule has 118 valence electrons. The molecule has 0 aromatic carbocycles. The van der Waals surface area contributed by atoms with E-state index < -0.39 is 0 Å². The summed E-state index contributed by atoms with van der Waals surface area (Å²) in [6.45, 7) is 2.05. The lowest BCUT2D eigenvalue weighted by molar-refractivity contribution is -0.139. The van der Waals surface area contributed by atoms with E-state index >= 15 is 0 Å². The van der Waals surface area contributed by atoms with Crippen LogP contribution in [0.2, 0.25) is 0 Å². The van der Waals surface area contributed by atoms with Gasteiger partial charge >= 0.3 is 0 Å². The average molecular weight is 302 g/mol. The predicted octanol–water partition coefficient (Wildman–Crippen LogP) is 0.441. The molecule has 0 saturated carbocycles. The van der Waals surface area contributed by atoms with E-state index in [1.807, 2.05) is 12.1 Å². The first-order valence-electron chi connectivity index (χ1n) is 7.96. The van der Waals surface area contributed by atoms with Crippen molar-refractivity contribution in [2.75, 3.05) is 13.1 Å². The van der Waals surface area contributed by atoms with Gasteiger partial charge in [-0.25, -0.2) is 0 Å². The molecule has 0 bridgehead atoms. The lowest BCUT2D eigenvalue weighted by Crippen LogP contribution is -2.50. The molecular formula is C16H22N4O2. The number of hydrogen-bond donors (Lipinski definition) is 2. The first kappa shape index (κ1) is 15.0. The molecule has 2 aliphatic rings. The van der Waals surface area contributed by atoms with E-state index in [9.17, 15) is 9.59 Å². The van der Waals surface area contributed by atoms with Gasteiger partial charge in [-0.3, -0.25) is 14.6 Å². The Morgan fingerprint density at radius 1 is 1.27 bits per heavy atom. The molecule has 2 atom stereocenters. The van der Waals surface area contributed by atoms with E-state index in [1.165, 1.54) is 0 Å². The Hall–Kier alpha value is -1.95. The van der Waals surface area contributed by atoms with Crippen molar-refractivity contribution in [2.24, 2.45) is 0 Å². The minimum absolute atomic E-state index is 0.0549. The zero-order valence-corrected chi connectivity index (χ0v) is 12.6. The van der Waals surface area contributed by atoms with Gasteiger partial charge in [0.2, 0.25) is 11.8 Å². The summed E-state index contributed by atoms with van der Waals surface area (Å²) in [4.78, 5) is 30.6. The normalized spacial score (nSPS) is 24.5. The molecule has 3 rings (SSSR count). The lowest BCUT2D eigenvalue weighted by atomic mass is 10.1. The number of rotatable bonds is 4. The highest BCUT2D eigenvalue weighted by Gasteiger charge is 2.37. The van der Waals surface area contributed by atoms with E-state index in [2.05, 4.69) is 15.6 Å². The highest BCUT2D eigenvalue weighted by Crippen LogP contribution is 2.20. The second-order valence-electron chi connectivity index (χ2n) is 5.91. The third kappa shape index (κ3) is 3.27. The van der Waals surface area contributed by atoms with Crippen LogP contribution < -0.4 is 10.6 Å². The number of carbonyl (C=O) groups is 2. The van der Waals surface area contributed by atoms with Crippen molar-refractivity contribution in [1.82, 2.24) is 20.5 Å². The summed E-state index contributed by atoms with van der Waals surface area (Å²) in [6, 6.07) is 3.32. The van der Waals surface area contributed by atoms with E-state index in [-0.39, 0.29) is 23.9 Å². The fourth-order valence-corrected chi connectivity index (χ4v) is 3.21. The number of aromatic nitrogens is 1. The summed E-state index contributed by atoms with van der Waals surface area (Å²) in [7, 11) is 0. The van der Waals surface area contributed by atoms with Gasteiger partial charge in [0.05, 0.1) is 6.04 Å². The van der Waals surface area contributed by atoms with E-state index in [1.54, 1.807) is 17.3 Å². The molecular weight excluding hydrogens is 280 g/mol. The van der Waals surface area contributed by atoms with E-state index in [0.717, 1.165) is 37.8 Å². The number of nitrogens with one attached hydrogen (secondary N) is 2. The summed E-state index contributed by atoms with van der Waals surface area (Å²) in [5.74, 6) is 0.0275. The highest BCUT2D eigenvalue weighted by molar-refractivity contribution is 5.90. The second kappa shape index (κ2) is 6.87. The van der Waals surface area contributed by atoms with Crippen molar-refractivity contribution in [2.45, 2.75) is 44.3 Å². The highest BCUT2D eigenvalue weighted by atomic mass is 16.2. The molecule has 2 amide bonds. The molecule has 0 spiro atoms. The summed E-state index contributed by atoms with van der Waals surface area (Å²) < 4.78 is 0. The minimum Gasteiger partial charge on any atom is -0.350 e. The molecule has 0 unspecified atom stereocenters. The zero-order chi connectivity index (χ0) is 15.4. The molecule has 6 nitrogen and oxygen atoms in total. The first-order valence-corrected chi connectivity index (χ1v) is 7.96. The van der Waals surface area contributed by atoms with Crippen molar-refractivity contribution in [1.29, 1.82) is 0 Å². The average Bonchev–Trinajstić information content (AvgIpc) is 3.24. The Morgan fingerprint density at radius 3 is 2.82 bits per heavy atom. The van der Waals surface area contributed by atoms with Crippen LogP contribution in [-0.4, -0.2) is 46.9 Å². The van der Waals surface area contributed by atoms with Gasteiger partial charge < -0.3 is 15.5 Å². The quantitative estimate of drug-likeness (QED) is 0.846. The maximum absolute atomic E-state index is 12.5. The molecule has 1 aromatic heterocycles. The topological polar surface area (TPSA) is 74.3 Å². The van der Waals surface area contributed by atoms with Gasteiger partial charge in [-0.2, -0.15) is 0 Å². The standard InChI is InChI=1S/C16H22N4O2/c21-15(19-11-12-5-8-17-9-6-12)14-4-2-10-20(14)16(22)13-3-1-7-18-13/h5-6,8-9,13-14,18H,1-4,7,10-11H2,(H,19,21)/t13-,14+/m1/s1. The summed E-state index contributed by atoms with van der Waals surface area (Å²) in [5, 5.41) is 6.16. The van der Waals surface area contributed by atoms with Crippen LogP contribution in [0, 0.1) is 0 Å². The van der Waals surface area contributed by atoms with Gasteiger partial charge in [0.15, 0.2) is 0 Å². The molecule has 2 N–H and O–H groups in total. The van der Waals surface area contributed by atoms with Gasteiger partial charge in [0.25, 0.3) is 0 Å². The van der Waals surface area contributed by atoms with Crippen LogP contribution in [0.15, 0.2) is 24.5 Å². The van der Waals surface area contributed by atoms with Gasteiger partial charge in [-0.15, -0.1) is 0 Å². The van der Waals surface area contributed by atoms with Gasteiger partial charge in [0, 0.05) is 25.5 Å². The van der Waals surface area contributed by atoms with Crippen LogP contribution in [-0.2, 0) is 16.1 Å². The zero-order valence-electron chi connectivity index (χ0n) is 12.6. The van der Waals surface area contributed by atoms with E-state index in [0.29, 0.717) is 13.1 Å². The van der Waals surface area contributed by atoms with Gasteiger partial charge in [-0.1, -0.05) is 0 Å². The van der Waals surface area contributed by atoms with Crippen molar-refractivity contribution in [3.63, 3.8) is 0 Å². The summed E-state index contributed by atoms with van der Waals surface area (Å²) >= 11 is 0. The molecule has 22 heavy (non-hydrogen) atoms. The van der Waals surface area contributed by atoms with E-state index in [4.69, 9.17) is 0 Å². The fraction of sp³-hybridized carbons (Fsp3) is 0.562. The Labute approximate surface area is 130 Å². The first-order chi connectivity index (χ1) is 10.8. The summed E-state index contributed by atoms with van der Waals surface area (Å²) in [6.07, 6.45) is 6.97. The number of pyridine rings is 1. The number of likely N-dealkylation sites (tertiary alicyclic amines) is 1. The van der Waals surface area contributed by atoms with Crippen LogP contribution in [0.25, 0.3) is 0 Å². The second-order valence-corrected chi connectivity index (χ2v) is 5.91. The largest absolute Gasteiger partial charge is 0.350 e. The SMILES string of the molecule is O=C(NCc1ccncc1)[C@@H]1CCCN1C(=O)[C@H]1CCCN1. The molecule has 2 saturated heterocycles. The van der Waals surface area contributed by atoms with Crippen molar-refractivity contribution in [3.05, 3.63) is 30.1 Å². The van der Waals surface area contributed by atoms with Gasteiger partial charge in [0.1, 0.15) is 6.04 Å². The smallest absolute Gasteiger partial charge is 0.243 e. The molecule has 2 aliphatic heterocycles. The van der Waals surface area contributed by atoms with Crippen LogP contribution in [0.3, 0.4) is 0 Å². The maximum atomic E-state index is 12.5. The van der Waals surface area contributed by atoms with Crippen molar-refractivity contribution >= 4 is 11.8 Å². The Balaban J connectivity index is 1.57. The molecule has 2 fully saturated rings. The molecule has 0 aliphatic carbocycles. The Morgan fingerprint density at radius 2 is 2.09 bits per heavy atom. The summed E-state index contributed by atoms with van der Waals surface area (Å²) in [5.41, 5.74) is 1.01. The lowest BCUT2D eigenvalue weighted by Gasteiger charge is -2.26. The molecule has 6 heteroatoms. The number of nitrogens with zero attached hydrogens (tertiary/aromatic N) is 2. The van der Waals surface area contributed by atoms with Crippen LogP contribution in [0.5, 0.6) is 0 Å². The fourth-order valence-electron chi connectivity index (χ4n) is 3.21. The Bertz CT molecular complexity index is 528. The van der Waals surface area contributed by atoms with Crippen molar-refractivity contribution in [3.8, 4) is 0 Å². The third-order valence-corrected chi connectivity index (χ3v) is 4.41.